The molecule has 5 rings (SSSR count). The van der Waals surface area contributed by atoms with Crippen LogP contribution >= 0.6 is 0 Å². The summed E-state index contributed by atoms with van der Waals surface area (Å²) < 4.78 is 0. The highest BCUT2D eigenvalue weighted by molar-refractivity contribution is 6.48. The zero-order chi connectivity index (χ0) is 29.6. The van der Waals surface area contributed by atoms with Gasteiger partial charge in [0.2, 0.25) is 11.6 Å². The number of allylic oxidation sites excluding steroid dienone is 6. The van der Waals surface area contributed by atoms with E-state index in [0.29, 0.717) is 34.1 Å². The molecule has 0 spiro atoms. The number of H-pyrrole nitrogens is 2. The number of benzene rings is 2. The number of ketones is 2. The minimum absolute atomic E-state index is 0.0231. The van der Waals surface area contributed by atoms with E-state index in [-0.39, 0.29) is 34.2 Å². The standard InChI is InChI=1S/C33H30N2O6/c1-16(2)12-14-22-24(18-8-5-6-11-21(18)34-22)26-29(36)31(38)27(32(39)30(26)37)25-19-9-7-10-20(33(40)41)28(19)35-23(25)15-13-17(3)4/h5-13,34-36,39H,14-15H2,1-4H3,(H,40,41). The van der Waals surface area contributed by atoms with E-state index in [9.17, 15) is 29.7 Å². The van der Waals surface area contributed by atoms with Gasteiger partial charge in [0.25, 0.3) is 0 Å². The predicted octanol–water partition coefficient (Wildman–Crippen LogP) is 6.76. The summed E-state index contributed by atoms with van der Waals surface area (Å²) in [7, 11) is 0. The van der Waals surface area contributed by atoms with E-state index in [1.807, 2.05) is 52.0 Å². The monoisotopic (exact) mass is 550 g/mol. The van der Waals surface area contributed by atoms with Gasteiger partial charge in [0, 0.05) is 51.6 Å². The Bertz CT molecular complexity index is 1900. The molecule has 5 N–H and O–H groups in total. The van der Waals surface area contributed by atoms with Gasteiger partial charge in [-0.25, -0.2) is 4.79 Å². The van der Waals surface area contributed by atoms with Crippen molar-refractivity contribution in [3.8, 4) is 0 Å². The number of aliphatic hydroxyl groups is 2. The van der Waals surface area contributed by atoms with Crippen molar-refractivity contribution in [2.45, 2.75) is 40.5 Å². The van der Waals surface area contributed by atoms with Crippen LogP contribution in [-0.2, 0) is 22.4 Å². The summed E-state index contributed by atoms with van der Waals surface area (Å²) in [5.74, 6) is -4.56. The molecular weight excluding hydrogens is 520 g/mol. The number of Topliss-reactive ketones (excluding diaryl/α,β-unsaturated/α-hetero) is 2. The van der Waals surface area contributed by atoms with Gasteiger partial charge in [-0.3, -0.25) is 9.59 Å². The number of carbonyl (C=O) groups is 3. The van der Waals surface area contributed by atoms with Crippen molar-refractivity contribution in [2.24, 2.45) is 0 Å². The summed E-state index contributed by atoms with van der Waals surface area (Å²) in [6, 6.07) is 11.8. The molecule has 41 heavy (non-hydrogen) atoms. The molecule has 0 aliphatic heterocycles. The molecule has 8 nitrogen and oxygen atoms in total. The van der Waals surface area contributed by atoms with Gasteiger partial charge in [0.15, 0.2) is 11.5 Å². The van der Waals surface area contributed by atoms with Gasteiger partial charge < -0.3 is 25.3 Å². The summed E-state index contributed by atoms with van der Waals surface area (Å²) in [4.78, 5) is 46.1. The molecule has 0 saturated heterocycles. The van der Waals surface area contributed by atoms with Crippen LogP contribution in [0.1, 0.15) is 60.6 Å². The number of hydrogen-bond donors (Lipinski definition) is 5. The summed E-state index contributed by atoms with van der Waals surface area (Å²) in [5.41, 5.74) is 3.93. The number of carbonyl (C=O) groups excluding carboxylic acids is 2. The number of hydrogen-bond acceptors (Lipinski definition) is 5. The van der Waals surface area contributed by atoms with Gasteiger partial charge in [-0.1, -0.05) is 53.6 Å². The van der Waals surface area contributed by atoms with Crippen LogP contribution < -0.4 is 0 Å². The van der Waals surface area contributed by atoms with E-state index in [2.05, 4.69) is 9.97 Å². The van der Waals surface area contributed by atoms with Crippen LogP contribution in [0.4, 0.5) is 0 Å². The molecule has 2 heterocycles. The lowest BCUT2D eigenvalue weighted by atomic mass is 9.83. The van der Waals surface area contributed by atoms with E-state index >= 15 is 0 Å². The van der Waals surface area contributed by atoms with Crippen molar-refractivity contribution in [1.82, 2.24) is 9.97 Å². The third kappa shape index (κ3) is 4.67. The van der Waals surface area contributed by atoms with Crippen molar-refractivity contribution < 1.29 is 29.7 Å². The lowest BCUT2D eigenvalue weighted by Gasteiger charge is -2.19. The fourth-order valence-electron chi connectivity index (χ4n) is 5.28. The number of carboxylic acids is 1. The summed E-state index contributed by atoms with van der Waals surface area (Å²) >= 11 is 0. The number of fused-ring (bicyclic) bond motifs is 2. The van der Waals surface area contributed by atoms with E-state index in [4.69, 9.17) is 0 Å². The zero-order valence-corrected chi connectivity index (χ0v) is 23.2. The third-order valence-electron chi connectivity index (χ3n) is 7.21. The first-order valence-electron chi connectivity index (χ1n) is 13.2. The van der Waals surface area contributed by atoms with Crippen LogP contribution in [0.25, 0.3) is 33.0 Å². The molecule has 0 fully saturated rings. The summed E-state index contributed by atoms with van der Waals surface area (Å²) in [6.45, 7) is 7.68. The largest absolute Gasteiger partial charge is 0.504 e. The fraction of sp³-hybridized carbons (Fsp3) is 0.182. The molecule has 0 amide bonds. The highest BCUT2D eigenvalue weighted by Gasteiger charge is 2.40. The lowest BCUT2D eigenvalue weighted by molar-refractivity contribution is -0.116. The molecule has 2 aromatic heterocycles. The molecule has 2 aromatic carbocycles. The van der Waals surface area contributed by atoms with E-state index < -0.39 is 29.1 Å². The number of aromatic nitrogens is 2. The summed E-state index contributed by atoms with van der Waals surface area (Å²) in [6.07, 6.45) is 4.53. The Morgan fingerprint density at radius 1 is 0.732 bits per heavy atom. The zero-order valence-electron chi connectivity index (χ0n) is 23.2. The summed E-state index contributed by atoms with van der Waals surface area (Å²) in [5, 5.41) is 33.5. The number of nitrogens with one attached hydrogen (secondary N) is 2. The van der Waals surface area contributed by atoms with Crippen LogP contribution in [0.3, 0.4) is 0 Å². The normalized spacial score (nSPS) is 13.9. The number of aromatic amines is 2. The first-order valence-corrected chi connectivity index (χ1v) is 13.2. The van der Waals surface area contributed by atoms with Crippen molar-refractivity contribution >= 4 is 50.5 Å². The Kier molecular flexibility index (Phi) is 7.01. The molecule has 0 saturated carbocycles. The van der Waals surface area contributed by atoms with Crippen LogP contribution in [0.15, 0.2) is 77.3 Å². The number of aromatic carboxylic acids is 1. The van der Waals surface area contributed by atoms with Gasteiger partial charge in [-0.15, -0.1) is 0 Å². The van der Waals surface area contributed by atoms with E-state index in [0.717, 1.165) is 16.7 Å². The van der Waals surface area contributed by atoms with Crippen molar-refractivity contribution in [1.29, 1.82) is 0 Å². The minimum atomic E-state index is -1.17. The van der Waals surface area contributed by atoms with Gasteiger partial charge in [-0.05, 0) is 39.8 Å². The number of rotatable bonds is 7. The smallest absolute Gasteiger partial charge is 0.337 e. The lowest BCUT2D eigenvalue weighted by Crippen LogP contribution is -2.23. The van der Waals surface area contributed by atoms with Crippen molar-refractivity contribution in [2.75, 3.05) is 0 Å². The Labute approximate surface area is 236 Å². The SMILES string of the molecule is CC(C)=CCc1[nH]c2ccccc2c1C1=C(O)C(=O)C(c2c(CC=C(C)C)[nH]c3c(C(=O)O)cccc23)=C(O)C1=O. The average molecular weight is 551 g/mol. The molecule has 1 aliphatic carbocycles. The van der Waals surface area contributed by atoms with Crippen LogP contribution in [-0.4, -0.2) is 42.8 Å². The third-order valence-corrected chi connectivity index (χ3v) is 7.21. The average Bonchev–Trinajstić information content (AvgIpc) is 3.48. The fourth-order valence-corrected chi connectivity index (χ4v) is 5.28. The van der Waals surface area contributed by atoms with Crippen LogP contribution in [0.5, 0.6) is 0 Å². The second kappa shape index (κ2) is 10.5. The number of aliphatic hydroxyl groups excluding tert-OH is 2. The maximum absolute atomic E-state index is 13.9. The molecule has 8 heteroatoms. The van der Waals surface area contributed by atoms with E-state index in [1.165, 1.54) is 12.1 Å². The minimum Gasteiger partial charge on any atom is -0.504 e. The molecule has 0 unspecified atom stereocenters. The molecular formula is C33H30N2O6. The Morgan fingerprint density at radius 2 is 1.24 bits per heavy atom. The first kappa shape index (κ1) is 27.5. The predicted molar refractivity (Wildman–Crippen MR) is 159 cm³/mol. The Balaban J connectivity index is 1.76. The molecule has 208 valence electrons. The maximum atomic E-state index is 13.9. The molecule has 0 atom stereocenters. The molecule has 0 bridgehead atoms. The van der Waals surface area contributed by atoms with E-state index in [1.54, 1.807) is 18.2 Å². The highest BCUT2D eigenvalue weighted by Crippen LogP contribution is 2.41. The quantitative estimate of drug-likeness (QED) is 0.127. The molecule has 1 aliphatic rings. The molecule has 4 aromatic rings. The van der Waals surface area contributed by atoms with Crippen molar-refractivity contribution in [3.63, 3.8) is 0 Å². The Hall–Kier alpha value is -5.11. The second-order valence-corrected chi connectivity index (χ2v) is 10.6. The topological polar surface area (TPSA) is 143 Å². The van der Waals surface area contributed by atoms with Crippen molar-refractivity contribution in [3.05, 3.63) is 105 Å². The second-order valence-electron chi connectivity index (χ2n) is 10.6. The van der Waals surface area contributed by atoms with Crippen LogP contribution in [0.2, 0.25) is 0 Å². The van der Waals surface area contributed by atoms with Gasteiger partial charge in [0.1, 0.15) is 0 Å². The number of para-hydroxylation sites is 2. The Morgan fingerprint density at radius 3 is 1.80 bits per heavy atom. The van der Waals surface area contributed by atoms with Gasteiger partial charge in [0.05, 0.1) is 22.2 Å². The van der Waals surface area contributed by atoms with Gasteiger partial charge in [-0.2, -0.15) is 0 Å². The highest BCUT2D eigenvalue weighted by atomic mass is 16.4. The number of carboxylic acid groups (broad SMARTS) is 1. The first-order chi connectivity index (χ1) is 19.5. The van der Waals surface area contributed by atoms with Crippen LogP contribution in [0, 0.1) is 0 Å². The molecule has 0 radical (unpaired) electrons. The maximum Gasteiger partial charge on any atom is 0.337 e. The van der Waals surface area contributed by atoms with Gasteiger partial charge >= 0.3 is 5.97 Å².